The monoisotopic (exact) mass is 388 g/mol. The maximum atomic E-state index is 11.2. The molecular formula is C26H44O2. The molecule has 0 spiro atoms. The molecular weight excluding hydrogens is 344 g/mol. The first-order valence-electron chi connectivity index (χ1n) is 11.5. The van der Waals surface area contributed by atoms with Gasteiger partial charge >= 0.3 is 5.97 Å². The second kappa shape index (κ2) is 21.7. The van der Waals surface area contributed by atoms with Crippen molar-refractivity contribution in [1.29, 1.82) is 0 Å². The number of carbonyl (C=O) groups is 1. The van der Waals surface area contributed by atoms with Crippen LogP contribution < -0.4 is 0 Å². The fourth-order valence-electron chi connectivity index (χ4n) is 2.97. The summed E-state index contributed by atoms with van der Waals surface area (Å²) >= 11 is 0. The molecule has 1 aromatic carbocycles. The van der Waals surface area contributed by atoms with Gasteiger partial charge in [0.1, 0.15) is 0 Å². The molecule has 1 rings (SSSR count). The van der Waals surface area contributed by atoms with Gasteiger partial charge in [-0.15, -0.1) is 0 Å². The standard InChI is InChI=1S/C20H38O2.C6H6/c1-4-5-6-7-8-9-10-11-12-13-14-15-16-17-18-22-20(21)19(2)3;1-2-4-6-5-3-1/h2,4-18H2,1,3H3;1-6H. The third kappa shape index (κ3) is 20.7. The van der Waals surface area contributed by atoms with E-state index in [4.69, 9.17) is 4.74 Å². The summed E-state index contributed by atoms with van der Waals surface area (Å²) in [5.74, 6) is -0.255. The van der Waals surface area contributed by atoms with Gasteiger partial charge in [0.15, 0.2) is 0 Å². The topological polar surface area (TPSA) is 26.3 Å². The first-order chi connectivity index (χ1) is 13.7. The lowest BCUT2D eigenvalue weighted by Crippen LogP contribution is -2.05. The normalized spacial score (nSPS) is 10.1. The van der Waals surface area contributed by atoms with Gasteiger partial charge in [0.2, 0.25) is 0 Å². The van der Waals surface area contributed by atoms with Crippen molar-refractivity contribution in [2.24, 2.45) is 0 Å². The zero-order valence-electron chi connectivity index (χ0n) is 18.6. The van der Waals surface area contributed by atoms with Crippen molar-refractivity contribution in [2.45, 2.75) is 104 Å². The second-order valence-electron chi connectivity index (χ2n) is 7.67. The van der Waals surface area contributed by atoms with Crippen molar-refractivity contribution in [1.82, 2.24) is 0 Å². The van der Waals surface area contributed by atoms with Gasteiger partial charge < -0.3 is 4.74 Å². The van der Waals surface area contributed by atoms with Crippen molar-refractivity contribution in [2.75, 3.05) is 6.61 Å². The van der Waals surface area contributed by atoms with Crippen LogP contribution in [0.5, 0.6) is 0 Å². The minimum atomic E-state index is -0.255. The molecule has 0 fully saturated rings. The fourth-order valence-corrected chi connectivity index (χ4v) is 2.97. The molecule has 0 aliphatic rings. The molecule has 0 radical (unpaired) electrons. The zero-order chi connectivity index (χ0) is 20.7. The summed E-state index contributed by atoms with van der Waals surface area (Å²) in [4.78, 5) is 11.2. The molecule has 0 atom stereocenters. The molecule has 0 unspecified atom stereocenters. The largest absolute Gasteiger partial charge is 0.462 e. The highest BCUT2D eigenvalue weighted by Crippen LogP contribution is 2.13. The highest BCUT2D eigenvalue weighted by molar-refractivity contribution is 5.86. The van der Waals surface area contributed by atoms with Crippen molar-refractivity contribution < 1.29 is 9.53 Å². The zero-order valence-corrected chi connectivity index (χ0v) is 18.6. The van der Waals surface area contributed by atoms with E-state index in [1.165, 1.54) is 83.5 Å². The number of esters is 1. The van der Waals surface area contributed by atoms with Crippen molar-refractivity contribution in [3.63, 3.8) is 0 Å². The van der Waals surface area contributed by atoms with Crippen LogP contribution in [0.4, 0.5) is 0 Å². The maximum Gasteiger partial charge on any atom is 0.333 e. The Morgan fingerprint density at radius 1 is 0.643 bits per heavy atom. The van der Waals surface area contributed by atoms with Gasteiger partial charge in [0.25, 0.3) is 0 Å². The van der Waals surface area contributed by atoms with Crippen LogP contribution in [0.2, 0.25) is 0 Å². The molecule has 0 aliphatic carbocycles. The molecule has 0 amide bonds. The summed E-state index contributed by atoms with van der Waals surface area (Å²) in [6, 6.07) is 12.0. The number of hydrogen-bond acceptors (Lipinski definition) is 2. The summed E-state index contributed by atoms with van der Waals surface area (Å²) in [6.07, 6.45) is 18.8. The highest BCUT2D eigenvalue weighted by atomic mass is 16.5. The number of unbranched alkanes of at least 4 members (excludes halogenated alkanes) is 13. The Balaban J connectivity index is 0.00000102. The van der Waals surface area contributed by atoms with Crippen LogP contribution in [0.3, 0.4) is 0 Å². The van der Waals surface area contributed by atoms with E-state index in [2.05, 4.69) is 13.5 Å². The first kappa shape index (κ1) is 26.4. The first-order valence-corrected chi connectivity index (χ1v) is 11.5. The molecule has 0 N–H and O–H groups in total. The molecule has 0 aromatic heterocycles. The van der Waals surface area contributed by atoms with Gasteiger partial charge in [-0.05, 0) is 13.3 Å². The number of carbonyl (C=O) groups excluding carboxylic acids is 1. The molecule has 0 saturated heterocycles. The number of ether oxygens (including phenoxy) is 1. The van der Waals surface area contributed by atoms with Gasteiger partial charge in [-0.25, -0.2) is 4.79 Å². The van der Waals surface area contributed by atoms with Crippen LogP contribution in [0.15, 0.2) is 48.6 Å². The minimum Gasteiger partial charge on any atom is -0.462 e. The average molecular weight is 389 g/mol. The van der Waals surface area contributed by atoms with Gasteiger partial charge in [0.05, 0.1) is 6.61 Å². The fraction of sp³-hybridized carbons (Fsp3) is 0.654. The Morgan fingerprint density at radius 2 is 0.964 bits per heavy atom. The SMILES string of the molecule is C=C(C)C(=O)OCCCCCCCCCCCCCCCC.c1ccccc1. The van der Waals surface area contributed by atoms with E-state index >= 15 is 0 Å². The van der Waals surface area contributed by atoms with Crippen LogP contribution in [0.25, 0.3) is 0 Å². The molecule has 2 nitrogen and oxygen atoms in total. The smallest absolute Gasteiger partial charge is 0.333 e. The predicted molar refractivity (Wildman–Crippen MR) is 123 cm³/mol. The van der Waals surface area contributed by atoms with Gasteiger partial charge in [-0.1, -0.05) is 133 Å². The third-order valence-corrected chi connectivity index (χ3v) is 4.75. The van der Waals surface area contributed by atoms with Crippen molar-refractivity contribution >= 4 is 5.97 Å². The Morgan fingerprint density at radius 3 is 1.29 bits per heavy atom. The summed E-state index contributed by atoms with van der Waals surface area (Å²) in [6.45, 7) is 8.07. The molecule has 0 saturated carbocycles. The lowest BCUT2D eigenvalue weighted by Gasteiger charge is -2.04. The molecule has 0 aliphatic heterocycles. The number of hydrogen-bond donors (Lipinski definition) is 0. The summed E-state index contributed by atoms with van der Waals surface area (Å²) < 4.78 is 5.07. The summed E-state index contributed by atoms with van der Waals surface area (Å²) in [5.41, 5.74) is 0.491. The Labute approximate surface area is 174 Å². The van der Waals surface area contributed by atoms with Gasteiger partial charge in [0, 0.05) is 5.57 Å². The third-order valence-electron chi connectivity index (χ3n) is 4.75. The number of benzene rings is 1. The quantitative estimate of drug-likeness (QED) is 0.162. The average Bonchev–Trinajstić information content (AvgIpc) is 2.72. The van der Waals surface area contributed by atoms with Crippen LogP contribution in [0.1, 0.15) is 104 Å². The maximum absolute atomic E-state index is 11.2. The van der Waals surface area contributed by atoms with E-state index in [1.807, 2.05) is 36.4 Å². The lowest BCUT2D eigenvalue weighted by atomic mass is 10.0. The van der Waals surface area contributed by atoms with Crippen molar-refractivity contribution in [3.05, 3.63) is 48.6 Å². The van der Waals surface area contributed by atoms with E-state index in [1.54, 1.807) is 6.92 Å². The van der Waals surface area contributed by atoms with Crippen LogP contribution in [0, 0.1) is 0 Å². The van der Waals surface area contributed by atoms with Crippen molar-refractivity contribution in [3.8, 4) is 0 Å². The van der Waals surface area contributed by atoms with E-state index in [9.17, 15) is 4.79 Å². The molecule has 2 heteroatoms. The van der Waals surface area contributed by atoms with E-state index in [0.717, 1.165) is 6.42 Å². The molecule has 0 bridgehead atoms. The van der Waals surface area contributed by atoms with E-state index < -0.39 is 0 Å². The van der Waals surface area contributed by atoms with E-state index in [0.29, 0.717) is 12.2 Å². The molecule has 1 aromatic rings. The Bertz CT molecular complexity index is 426. The highest BCUT2D eigenvalue weighted by Gasteiger charge is 2.01. The molecule has 0 heterocycles. The van der Waals surface area contributed by atoms with Crippen LogP contribution in [-0.2, 0) is 9.53 Å². The van der Waals surface area contributed by atoms with E-state index in [-0.39, 0.29) is 5.97 Å². The second-order valence-corrected chi connectivity index (χ2v) is 7.67. The number of rotatable bonds is 16. The van der Waals surface area contributed by atoms with Crippen LogP contribution >= 0.6 is 0 Å². The Hall–Kier alpha value is -1.57. The summed E-state index contributed by atoms with van der Waals surface area (Å²) in [5, 5.41) is 0. The Kier molecular flexibility index (Phi) is 20.5. The minimum absolute atomic E-state index is 0.255. The molecule has 160 valence electrons. The lowest BCUT2D eigenvalue weighted by molar-refractivity contribution is -0.139. The van der Waals surface area contributed by atoms with Gasteiger partial charge in [-0.3, -0.25) is 0 Å². The van der Waals surface area contributed by atoms with Gasteiger partial charge in [-0.2, -0.15) is 0 Å². The van der Waals surface area contributed by atoms with Crippen LogP contribution in [-0.4, -0.2) is 12.6 Å². The predicted octanol–water partition coefficient (Wildman–Crippen LogP) is 8.27. The molecule has 28 heavy (non-hydrogen) atoms. The summed E-state index contributed by atoms with van der Waals surface area (Å²) in [7, 11) is 0.